The van der Waals surface area contributed by atoms with Gasteiger partial charge in [0.2, 0.25) is 0 Å². The highest BCUT2D eigenvalue weighted by molar-refractivity contribution is 6.31. The van der Waals surface area contributed by atoms with Crippen molar-refractivity contribution in [2.45, 2.75) is 0 Å². The Balaban J connectivity index is 2.55. The number of methoxy groups -OCH3 is 1. The first-order chi connectivity index (χ1) is 10.4. The van der Waals surface area contributed by atoms with Gasteiger partial charge in [-0.2, -0.15) is 0 Å². The highest BCUT2D eigenvalue weighted by Gasteiger charge is 2.21. The van der Waals surface area contributed by atoms with E-state index < -0.39 is 35.3 Å². The van der Waals surface area contributed by atoms with Crippen molar-refractivity contribution >= 4 is 34.4 Å². The fourth-order valence-electron chi connectivity index (χ4n) is 2.01. The molecule has 0 spiro atoms. The van der Waals surface area contributed by atoms with E-state index in [4.69, 9.17) is 11.6 Å². The molecule has 0 unspecified atom stereocenters. The maximum atomic E-state index is 12.3. The number of rotatable bonds is 3. The van der Waals surface area contributed by atoms with Gasteiger partial charge in [0.15, 0.2) is 0 Å². The average molecular weight is 325 g/mol. The highest BCUT2D eigenvalue weighted by Crippen LogP contribution is 2.28. The SMILES string of the molecule is COC(=O)CNC(=O)c1c(O)c2ccc(Cl)cc2n(C)c1=O. The summed E-state index contributed by atoms with van der Waals surface area (Å²) in [5.74, 6) is -1.99. The summed E-state index contributed by atoms with van der Waals surface area (Å²) in [7, 11) is 2.63. The van der Waals surface area contributed by atoms with Crippen LogP contribution in [0.15, 0.2) is 23.0 Å². The summed E-state index contributed by atoms with van der Waals surface area (Å²) in [6.07, 6.45) is 0. The summed E-state index contributed by atoms with van der Waals surface area (Å²) in [5.41, 5.74) is -0.754. The Morgan fingerprint density at radius 3 is 2.73 bits per heavy atom. The van der Waals surface area contributed by atoms with Crippen LogP contribution in [0.4, 0.5) is 0 Å². The third-order valence-electron chi connectivity index (χ3n) is 3.18. The van der Waals surface area contributed by atoms with E-state index in [1.807, 2.05) is 0 Å². The molecule has 0 aliphatic carbocycles. The molecule has 0 aliphatic rings. The number of amides is 1. The summed E-state index contributed by atoms with van der Waals surface area (Å²) in [6.45, 7) is -0.406. The number of carbonyl (C=O) groups excluding carboxylic acids is 2. The molecule has 8 heteroatoms. The van der Waals surface area contributed by atoms with Gasteiger partial charge < -0.3 is 19.7 Å². The Labute approximate surface area is 130 Å². The van der Waals surface area contributed by atoms with Crippen LogP contribution in [0.3, 0.4) is 0 Å². The van der Waals surface area contributed by atoms with Gasteiger partial charge in [-0.1, -0.05) is 11.6 Å². The van der Waals surface area contributed by atoms with Gasteiger partial charge in [-0.05, 0) is 18.2 Å². The fourth-order valence-corrected chi connectivity index (χ4v) is 2.18. The zero-order valence-electron chi connectivity index (χ0n) is 11.8. The Bertz CT molecular complexity index is 828. The molecule has 0 atom stereocenters. The predicted molar refractivity (Wildman–Crippen MR) is 80.2 cm³/mol. The second-order valence-electron chi connectivity index (χ2n) is 4.51. The number of nitrogens with zero attached hydrogens (tertiary/aromatic N) is 1. The normalized spacial score (nSPS) is 10.5. The Morgan fingerprint density at radius 2 is 2.09 bits per heavy atom. The molecule has 0 fully saturated rings. The molecular weight excluding hydrogens is 312 g/mol. The second-order valence-corrected chi connectivity index (χ2v) is 4.94. The molecule has 7 nitrogen and oxygen atoms in total. The van der Waals surface area contributed by atoms with Crippen LogP contribution in [0.1, 0.15) is 10.4 Å². The summed E-state index contributed by atoms with van der Waals surface area (Å²) in [6, 6.07) is 4.54. The molecule has 0 bridgehead atoms. The van der Waals surface area contributed by atoms with Crippen molar-refractivity contribution in [3.8, 4) is 5.75 Å². The number of benzene rings is 1. The van der Waals surface area contributed by atoms with Crippen molar-refractivity contribution in [2.24, 2.45) is 7.05 Å². The first-order valence-corrected chi connectivity index (χ1v) is 6.60. The largest absolute Gasteiger partial charge is 0.506 e. The number of fused-ring (bicyclic) bond motifs is 1. The number of aromatic nitrogens is 1. The minimum Gasteiger partial charge on any atom is -0.506 e. The minimum atomic E-state index is -0.861. The van der Waals surface area contributed by atoms with Crippen molar-refractivity contribution in [3.63, 3.8) is 0 Å². The van der Waals surface area contributed by atoms with Crippen LogP contribution in [0.5, 0.6) is 5.75 Å². The molecular formula is C14H13ClN2O5. The Kier molecular flexibility index (Phi) is 4.37. The Hall–Kier alpha value is -2.54. The van der Waals surface area contributed by atoms with Crippen molar-refractivity contribution in [1.29, 1.82) is 0 Å². The van der Waals surface area contributed by atoms with Gasteiger partial charge >= 0.3 is 5.97 Å². The number of hydrogen-bond acceptors (Lipinski definition) is 5. The molecule has 0 aliphatic heterocycles. The number of nitrogens with one attached hydrogen (secondary N) is 1. The zero-order valence-corrected chi connectivity index (χ0v) is 12.6. The number of carbonyl (C=O) groups is 2. The van der Waals surface area contributed by atoms with E-state index >= 15 is 0 Å². The number of pyridine rings is 1. The van der Waals surface area contributed by atoms with Gasteiger partial charge in [0.1, 0.15) is 17.9 Å². The molecule has 1 amide bonds. The molecule has 2 N–H and O–H groups in total. The molecule has 0 saturated heterocycles. The topological polar surface area (TPSA) is 97.6 Å². The fraction of sp³-hybridized carbons (Fsp3) is 0.214. The van der Waals surface area contributed by atoms with Crippen LogP contribution in [0.2, 0.25) is 5.02 Å². The number of ether oxygens (including phenoxy) is 1. The smallest absolute Gasteiger partial charge is 0.325 e. The number of aromatic hydroxyl groups is 1. The Morgan fingerprint density at radius 1 is 1.41 bits per heavy atom. The number of aryl methyl sites for hydroxylation is 1. The lowest BCUT2D eigenvalue weighted by Gasteiger charge is -2.12. The van der Waals surface area contributed by atoms with E-state index in [-0.39, 0.29) is 0 Å². The lowest BCUT2D eigenvalue weighted by molar-refractivity contribution is -0.139. The molecule has 116 valence electrons. The van der Waals surface area contributed by atoms with Crippen molar-refractivity contribution in [2.75, 3.05) is 13.7 Å². The summed E-state index contributed by atoms with van der Waals surface area (Å²) >= 11 is 5.87. The van der Waals surface area contributed by atoms with Crippen LogP contribution in [-0.4, -0.2) is 35.2 Å². The predicted octanol–water partition coefficient (Wildman–Crippen LogP) is 0.800. The lowest BCUT2D eigenvalue weighted by atomic mass is 10.1. The van der Waals surface area contributed by atoms with Crippen LogP contribution < -0.4 is 10.9 Å². The third-order valence-corrected chi connectivity index (χ3v) is 3.41. The highest BCUT2D eigenvalue weighted by atomic mass is 35.5. The molecule has 1 aromatic carbocycles. The van der Waals surface area contributed by atoms with Gasteiger partial charge in [0.05, 0.1) is 12.6 Å². The van der Waals surface area contributed by atoms with Crippen LogP contribution in [0.25, 0.3) is 10.9 Å². The molecule has 0 radical (unpaired) electrons. The van der Waals surface area contributed by atoms with Crippen LogP contribution in [-0.2, 0) is 16.6 Å². The van der Waals surface area contributed by atoms with Gasteiger partial charge in [0.25, 0.3) is 11.5 Å². The van der Waals surface area contributed by atoms with E-state index in [0.29, 0.717) is 15.9 Å². The molecule has 1 aromatic heterocycles. The average Bonchev–Trinajstić information content (AvgIpc) is 2.50. The number of hydrogen-bond donors (Lipinski definition) is 2. The monoisotopic (exact) mass is 324 g/mol. The van der Waals surface area contributed by atoms with E-state index in [0.717, 1.165) is 0 Å². The molecule has 0 saturated carbocycles. The van der Waals surface area contributed by atoms with Crippen LogP contribution >= 0.6 is 11.6 Å². The maximum absolute atomic E-state index is 12.3. The van der Waals surface area contributed by atoms with Crippen molar-refractivity contribution in [3.05, 3.63) is 39.1 Å². The molecule has 2 aromatic rings. The van der Waals surface area contributed by atoms with Gasteiger partial charge in [-0.25, -0.2) is 0 Å². The summed E-state index contributed by atoms with van der Waals surface area (Å²) < 4.78 is 5.59. The lowest BCUT2D eigenvalue weighted by Crippen LogP contribution is -2.35. The van der Waals surface area contributed by atoms with Crippen LogP contribution in [0, 0.1) is 0 Å². The molecule has 1 heterocycles. The number of halogens is 1. The summed E-state index contributed by atoms with van der Waals surface area (Å²) in [5, 5.41) is 13.1. The third kappa shape index (κ3) is 2.75. The maximum Gasteiger partial charge on any atom is 0.325 e. The zero-order chi connectivity index (χ0) is 16.4. The molecule has 22 heavy (non-hydrogen) atoms. The van der Waals surface area contributed by atoms with E-state index in [1.54, 1.807) is 0 Å². The van der Waals surface area contributed by atoms with Gasteiger partial charge in [-0.15, -0.1) is 0 Å². The van der Waals surface area contributed by atoms with Crippen molar-refractivity contribution < 1.29 is 19.4 Å². The van der Waals surface area contributed by atoms with E-state index in [2.05, 4.69) is 10.1 Å². The first kappa shape index (κ1) is 15.8. The van der Waals surface area contributed by atoms with E-state index in [9.17, 15) is 19.5 Å². The second kappa shape index (κ2) is 6.07. The molecule has 2 rings (SSSR count). The minimum absolute atomic E-state index is 0.301. The first-order valence-electron chi connectivity index (χ1n) is 6.23. The van der Waals surface area contributed by atoms with Gasteiger partial charge in [-0.3, -0.25) is 14.4 Å². The number of esters is 1. The van der Waals surface area contributed by atoms with E-state index in [1.165, 1.54) is 36.9 Å². The summed E-state index contributed by atoms with van der Waals surface area (Å²) in [4.78, 5) is 35.3. The quantitative estimate of drug-likeness (QED) is 0.814. The van der Waals surface area contributed by atoms with Gasteiger partial charge in [0, 0.05) is 17.5 Å². The standard InChI is InChI=1S/C14H13ClN2O5/c1-17-9-5-7(15)3-4-8(9)12(19)11(14(17)21)13(20)16-6-10(18)22-2/h3-5,19H,6H2,1-2H3,(H,16,20). The van der Waals surface area contributed by atoms with Crippen molar-refractivity contribution in [1.82, 2.24) is 9.88 Å².